The smallest absolute Gasteiger partial charge is 0.257 e. The van der Waals surface area contributed by atoms with Gasteiger partial charge in [0.15, 0.2) is 5.65 Å². The van der Waals surface area contributed by atoms with E-state index in [0.717, 1.165) is 18.4 Å². The van der Waals surface area contributed by atoms with Gasteiger partial charge in [-0.1, -0.05) is 66.2 Å². The number of nitrogen functional groups attached to an aromatic ring is 1. The van der Waals surface area contributed by atoms with Gasteiger partial charge < -0.3 is 11.1 Å². The molecule has 1 atom stereocenters. The van der Waals surface area contributed by atoms with E-state index in [-0.39, 0.29) is 23.3 Å². The molecule has 2 aromatic heterocycles. The Morgan fingerprint density at radius 2 is 1.78 bits per heavy atom. The van der Waals surface area contributed by atoms with Crippen LogP contribution in [0.15, 0.2) is 84.0 Å². The zero-order valence-electron chi connectivity index (χ0n) is 19.7. The van der Waals surface area contributed by atoms with Crippen LogP contribution in [0.25, 0.3) is 22.2 Å². The lowest BCUT2D eigenvalue weighted by Crippen LogP contribution is -2.33. The van der Waals surface area contributed by atoms with E-state index >= 15 is 0 Å². The molecule has 0 saturated carbocycles. The van der Waals surface area contributed by atoms with Crippen LogP contribution in [0.1, 0.15) is 34.8 Å². The zero-order chi connectivity index (χ0) is 25.1. The van der Waals surface area contributed by atoms with E-state index in [1.165, 1.54) is 10.2 Å². The van der Waals surface area contributed by atoms with Crippen molar-refractivity contribution in [3.63, 3.8) is 0 Å². The number of benzene rings is 3. The minimum atomic E-state index is -0.306. The number of nitrogens with zero attached hydrogens (tertiary/aromatic N) is 4. The van der Waals surface area contributed by atoms with Gasteiger partial charge >= 0.3 is 0 Å². The topological polar surface area (TPSA) is 98.2 Å². The van der Waals surface area contributed by atoms with E-state index in [2.05, 4.69) is 22.6 Å². The molecule has 0 spiro atoms. The fourth-order valence-electron chi connectivity index (χ4n) is 4.10. The summed E-state index contributed by atoms with van der Waals surface area (Å²) in [5.74, 6) is -0.134. The van der Waals surface area contributed by atoms with Crippen LogP contribution < -0.4 is 11.1 Å². The molecule has 180 valence electrons. The van der Waals surface area contributed by atoms with Gasteiger partial charge in [-0.05, 0) is 55.2 Å². The van der Waals surface area contributed by atoms with Crippen LogP contribution in [-0.2, 0) is 6.42 Å². The van der Waals surface area contributed by atoms with Crippen molar-refractivity contribution >= 4 is 51.7 Å². The van der Waals surface area contributed by atoms with Crippen LogP contribution in [0.3, 0.4) is 0 Å². The van der Waals surface area contributed by atoms with Gasteiger partial charge in [0.2, 0.25) is 0 Å². The van der Waals surface area contributed by atoms with Crippen molar-refractivity contribution in [3.8, 4) is 0 Å². The quantitative estimate of drug-likeness (QED) is 0.292. The molecule has 5 aromatic rings. The molecule has 7 nitrogen and oxygen atoms in total. The number of nitrogens with one attached hydrogen (secondary N) is 1. The van der Waals surface area contributed by atoms with Crippen LogP contribution in [0.5, 0.6) is 0 Å². The molecular formula is C28H25ClN6O. The van der Waals surface area contributed by atoms with E-state index < -0.39 is 0 Å². The number of carbonyl (C=O) groups is 1. The van der Waals surface area contributed by atoms with Gasteiger partial charge in [0.1, 0.15) is 16.9 Å². The molecule has 3 aromatic carbocycles. The Hall–Kier alpha value is -4.23. The number of aryl methyl sites for hydroxylation is 1. The fourth-order valence-corrected chi connectivity index (χ4v) is 4.29. The van der Waals surface area contributed by atoms with Crippen LogP contribution in [0.2, 0.25) is 5.02 Å². The Morgan fingerprint density at radius 1 is 1.06 bits per heavy atom. The first kappa shape index (κ1) is 23.5. The number of hydrogen-bond acceptors (Lipinski definition) is 5. The third kappa shape index (κ3) is 4.92. The molecule has 0 aliphatic carbocycles. The Bertz CT molecular complexity index is 1580. The van der Waals surface area contributed by atoms with Gasteiger partial charge in [0, 0.05) is 11.1 Å². The number of rotatable bonds is 7. The van der Waals surface area contributed by atoms with E-state index in [1.54, 1.807) is 18.3 Å². The summed E-state index contributed by atoms with van der Waals surface area (Å²) in [7, 11) is 0. The van der Waals surface area contributed by atoms with Gasteiger partial charge in [-0.2, -0.15) is 9.78 Å². The maximum atomic E-state index is 13.4. The SMILES string of the molecule is C[C@H](CCc1ccccc1)NC(=O)c1c(N)n(/N=C\c2cccc(Cl)c2)c2nc3ccccc3nc12. The summed E-state index contributed by atoms with van der Waals surface area (Å²) >= 11 is 6.11. The average molecular weight is 497 g/mol. The van der Waals surface area contributed by atoms with Gasteiger partial charge in [0.05, 0.1) is 17.2 Å². The highest BCUT2D eigenvalue weighted by molar-refractivity contribution is 6.30. The van der Waals surface area contributed by atoms with E-state index in [0.29, 0.717) is 27.2 Å². The maximum absolute atomic E-state index is 13.4. The van der Waals surface area contributed by atoms with Crippen molar-refractivity contribution in [2.24, 2.45) is 5.10 Å². The summed E-state index contributed by atoms with van der Waals surface area (Å²) in [5, 5.41) is 8.21. The second kappa shape index (κ2) is 10.2. The lowest BCUT2D eigenvalue weighted by atomic mass is 10.1. The Morgan fingerprint density at radius 3 is 2.53 bits per heavy atom. The molecule has 0 aliphatic rings. The van der Waals surface area contributed by atoms with Crippen molar-refractivity contribution in [1.82, 2.24) is 20.0 Å². The molecule has 0 unspecified atom stereocenters. The van der Waals surface area contributed by atoms with Crippen LogP contribution in [-0.4, -0.2) is 32.8 Å². The van der Waals surface area contributed by atoms with Crippen molar-refractivity contribution in [2.45, 2.75) is 25.8 Å². The van der Waals surface area contributed by atoms with Crippen LogP contribution in [0.4, 0.5) is 5.82 Å². The predicted octanol–water partition coefficient (Wildman–Crippen LogP) is 5.45. The molecule has 0 bridgehead atoms. The molecule has 2 heterocycles. The highest BCUT2D eigenvalue weighted by atomic mass is 35.5. The molecule has 5 rings (SSSR count). The predicted molar refractivity (Wildman–Crippen MR) is 146 cm³/mol. The molecule has 8 heteroatoms. The molecule has 3 N–H and O–H groups in total. The van der Waals surface area contributed by atoms with Gasteiger partial charge in [0.25, 0.3) is 5.91 Å². The summed E-state index contributed by atoms with van der Waals surface area (Å²) < 4.78 is 1.46. The number of hydrogen-bond donors (Lipinski definition) is 2. The number of nitrogens with two attached hydrogens (primary N) is 1. The van der Waals surface area contributed by atoms with E-state index in [4.69, 9.17) is 27.3 Å². The lowest BCUT2D eigenvalue weighted by molar-refractivity contribution is 0.0940. The largest absolute Gasteiger partial charge is 0.383 e. The van der Waals surface area contributed by atoms with E-state index in [1.807, 2.05) is 61.5 Å². The minimum Gasteiger partial charge on any atom is -0.383 e. The Kier molecular flexibility index (Phi) is 6.64. The summed E-state index contributed by atoms with van der Waals surface area (Å²) in [6.45, 7) is 1.98. The normalized spacial score (nSPS) is 12.4. The second-order valence-corrected chi connectivity index (χ2v) is 9.09. The number of anilines is 1. The standard InChI is InChI=1S/C28H25ClN6O/c1-18(14-15-19-8-3-2-4-9-19)32-28(36)24-25-27(34-23-13-6-5-12-22(23)33-25)35(26(24)30)31-17-20-10-7-11-21(29)16-20/h2-13,16-18H,14-15,30H2,1H3,(H,32,36)/b31-17-/t18-/m1/s1. The van der Waals surface area contributed by atoms with Crippen molar-refractivity contribution in [1.29, 1.82) is 0 Å². The summed E-state index contributed by atoms with van der Waals surface area (Å²) in [4.78, 5) is 22.9. The molecule has 0 fully saturated rings. The molecular weight excluding hydrogens is 472 g/mol. The zero-order valence-corrected chi connectivity index (χ0v) is 20.5. The number of halogens is 1. The molecule has 0 saturated heterocycles. The first-order valence-electron chi connectivity index (χ1n) is 11.7. The van der Waals surface area contributed by atoms with Crippen LogP contribution in [0, 0.1) is 0 Å². The summed E-state index contributed by atoms with van der Waals surface area (Å²) in [6, 6.07) is 24.9. The van der Waals surface area contributed by atoms with Gasteiger partial charge in [-0.25, -0.2) is 9.97 Å². The average Bonchev–Trinajstić information content (AvgIpc) is 3.15. The van der Waals surface area contributed by atoms with Crippen molar-refractivity contribution < 1.29 is 4.79 Å². The van der Waals surface area contributed by atoms with Crippen molar-refractivity contribution in [3.05, 3.63) is 101 Å². The minimum absolute atomic E-state index is 0.0705. The summed E-state index contributed by atoms with van der Waals surface area (Å²) in [5.41, 5.74) is 10.9. The number of aromatic nitrogens is 3. The maximum Gasteiger partial charge on any atom is 0.257 e. The number of fused-ring (bicyclic) bond motifs is 2. The Labute approximate surface area is 213 Å². The third-order valence-electron chi connectivity index (χ3n) is 5.96. The second-order valence-electron chi connectivity index (χ2n) is 8.65. The monoisotopic (exact) mass is 496 g/mol. The first-order chi connectivity index (χ1) is 17.5. The molecule has 36 heavy (non-hydrogen) atoms. The third-order valence-corrected chi connectivity index (χ3v) is 6.19. The Balaban J connectivity index is 1.50. The van der Waals surface area contributed by atoms with Gasteiger partial charge in [-0.15, -0.1) is 0 Å². The number of amides is 1. The highest BCUT2D eigenvalue weighted by Crippen LogP contribution is 2.28. The number of para-hydroxylation sites is 2. The molecule has 0 aliphatic heterocycles. The van der Waals surface area contributed by atoms with E-state index in [9.17, 15) is 4.79 Å². The molecule has 0 radical (unpaired) electrons. The lowest BCUT2D eigenvalue weighted by Gasteiger charge is -2.14. The first-order valence-corrected chi connectivity index (χ1v) is 12.1. The molecule has 1 amide bonds. The number of carbonyl (C=O) groups excluding carboxylic acids is 1. The highest BCUT2D eigenvalue weighted by Gasteiger charge is 2.25. The van der Waals surface area contributed by atoms with Crippen LogP contribution >= 0.6 is 11.6 Å². The van der Waals surface area contributed by atoms with Gasteiger partial charge in [-0.3, -0.25) is 4.79 Å². The van der Waals surface area contributed by atoms with Crippen molar-refractivity contribution in [2.75, 3.05) is 5.73 Å². The fraction of sp³-hybridized carbons (Fsp3) is 0.143. The summed E-state index contributed by atoms with van der Waals surface area (Å²) in [6.07, 6.45) is 3.27.